The summed E-state index contributed by atoms with van der Waals surface area (Å²) in [4.78, 5) is 10.9. The summed E-state index contributed by atoms with van der Waals surface area (Å²) in [6.07, 6.45) is 3.74. The third-order valence-electron chi connectivity index (χ3n) is 3.43. The van der Waals surface area contributed by atoms with Crippen LogP contribution in [0.4, 0.5) is 0 Å². The fourth-order valence-corrected chi connectivity index (χ4v) is 4.65. The smallest absolute Gasteiger partial charge is 0.345 e. The van der Waals surface area contributed by atoms with Crippen molar-refractivity contribution in [3.8, 4) is 0 Å². The van der Waals surface area contributed by atoms with E-state index in [-0.39, 0.29) is 15.8 Å². The molecular weight excluding hydrogens is 286 g/mol. The Bertz CT molecular complexity index is 556. The van der Waals surface area contributed by atoms with Gasteiger partial charge in [-0.3, -0.25) is 0 Å². The highest BCUT2D eigenvalue weighted by Crippen LogP contribution is 2.26. The van der Waals surface area contributed by atoms with Crippen LogP contribution in [0.25, 0.3) is 0 Å². The lowest BCUT2D eigenvalue weighted by Gasteiger charge is -2.26. The summed E-state index contributed by atoms with van der Waals surface area (Å²) in [5.41, 5.74) is 0. The Balaban J connectivity index is 2.07. The van der Waals surface area contributed by atoms with Crippen molar-refractivity contribution < 1.29 is 18.3 Å². The maximum Gasteiger partial charge on any atom is 0.345 e. The second-order valence-electron chi connectivity index (χ2n) is 5.03. The largest absolute Gasteiger partial charge is 0.477 e. The number of hydrogen-bond acceptors (Lipinski definition) is 4. The summed E-state index contributed by atoms with van der Waals surface area (Å²) in [6.45, 7) is 2.17. The Morgan fingerprint density at radius 2 is 2.00 bits per heavy atom. The van der Waals surface area contributed by atoms with Crippen LogP contribution >= 0.6 is 11.3 Å². The summed E-state index contributed by atoms with van der Waals surface area (Å²) in [6, 6.07) is 1.18. The van der Waals surface area contributed by atoms with Gasteiger partial charge >= 0.3 is 5.97 Å². The van der Waals surface area contributed by atoms with Crippen LogP contribution in [-0.4, -0.2) is 25.5 Å². The van der Waals surface area contributed by atoms with E-state index in [1.54, 1.807) is 0 Å². The summed E-state index contributed by atoms with van der Waals surface area (Å²) in [7, 11) is -3.59. The van der Waals surface area contributed by atoms with Crippen molar-refractivity contribution in [2.24, 2.45) is 5.92 Å². The summed E-state index contributed by atoms with van der Waals surface area (Å²) < 4.78 is 26.9. The summed E-state index contributed by atoms with van der Waals surface area (Å²) >= 11 is 0.928. The number of sulfonamides is 1. The van der Waals surface area contributed by atoms with Crippen molar-refractivity contribution in [3.63, 3.8) is 0 Å². The van der Waals surface area contributed by atoms with Gasteiger partial charge in [-0.1, -0.05) is 6.92 Å². The molecule has 1 aliphatic carbocycles. The van der Waals surface area contributed by atoms with Gasteiger partial charge in [-0.25, -0.2) is 17.9 Å². The van der Waals surface area contributed by atoms with Crippen molar-refractivity contribution in [1.29, 1.82) is 0 Å². The Hall–Kier alpha value is -0.920. The predicted octanol–water partition coefficient (Wildman–Crippen LogP) is 2.30. The van der Waals surface area contributed by atoms with E-state index >= 15 is 0 Å². The maximum atomic E-state index is 12.1. The number of carboxylic acid groups (broad SMARTS) is 1. The first-order valence-corrected chi connectivity index (χ1v) is 8.59. The van der Waals surface area contributed by atoms with Crippen LogP contribution in [0.1, 0.15) is 42.3 Å². The molecule has 1 fully saturated rings. The van der Waals surface area contributed by atoms with Gasteiger partial charge in [0.2, 0.25) is 10.0 Å². The van der Waals surface area contributed by atoms with E-state index in [9.17, 15) is 13.2 Å². The lowest BCUT2D eigenvalue weighted by Crippen LogP contribution is -2.37. The third-order valence-corrected chi connectivity index (χ3v) is 6.00. The fourth-order valence-electron chi connectivity index (χ4n) is 2.24. The van der Waals surface area contributed by atoms with Crippen molar-refractivity contribution in [2.45, 2.75) is 43.5 Å². The molecule has 1 saturated carbocycles. The maximum absolute atomic E-state index is 12.1. The fraction of sp³-hybridized carbons (Fsp3) is 0.583. The highest BCUT2D eigenvalue weighted by Gasteiger charge is 2.25. The molecule has 5 nitrogen and oxygen atoms in total. The monoisotopic (exact) mass is 303 g/mol. The minimum atomic E-state index is -3.59. The summed E-state index contributed by atoms with van der Waals surface area (Å²) in [5.74, 6) is -0.446. The quantitative estimate of drug-likeness (QED) is 0.894. The lowest BCUT2D eigenvalue weighted by molar-refractivity contribution is 0.0702. The van der Waals surface area contributed by atoms with Gasteiger partial charge in [0, 0.05) is 11.4 Å². The van der Waals surface area contributed by atoms with Crippen LogP contribution in [-0.2, 0) is 10.0 Å². The number of thiophene rings is 1. The molecule has 0 saturated heterocycles. The molecule has 19 heavy (non-hydrogen) atoms. The Morgan fingerprint density at radius 1 is 1.37 bits per heavy atom. The minimum Gasteiger partial charge on any atom is -0.477 e. The zero-order valence-corrected chi connectivity index (χ0v) is 12.3. The molecule has 0 spiro atoms. The zero-order valence-electron chi connectivity index (χ0n) is 10.6. The van der Waals surface area contributed by atoms with E-state index in [0.717, 1.165) is 37.0 Å². The molecule has 1 aliphatic rings. The minimum absolute atomic E-state index is 0.0330. The SMILES string of the molecule is CC1CCC(NS(=O)(=O)c2csc(C(=O)O)c2)CC1. The third kappa shape index (κ3) is 3.55. The number of carbonyl (C=O) groups is 1. The van der Waals surface area contributed by atoms with Crippen LogP contribution in [0.5, 0.6) is 0 Å². The summed E-state index contributed by atoms with van der Waals surface area (Å²) in [5, 5.41) is 10.2. The molecule has 0 aromatic carbocycles. The van der Waals surface area contributed by atoms with Crippen molar-refractivity contribution in [1.82, 2.24) is 4.72 Å². The molecule has 1 heterocycles. The average molecular weight is 303 g/mol. The Labute approximate surface area is 116 Å². The molecule has 0 radical (unpaired) electrons. The van der Waals surface area contributed by atoms with E-state index in [0.29, 0.717) is 5.92 Å². The van der Waals surface area contributed by atoms with Gasteiger partial charge in [0.05, 0.1) is 4.90 Å². The number of carboxylic acids is 1. The second-order valence-corrected chi connectivity index (χ2v) is 7.66. The molecule has 0 bridgehead atoms. The van der Waals surface area contributed by atoms with Crippen LogP contribution in [0.15, 0.2) is 16.3 Å². The molecule has 1 aromatic rings. The normalized spacial score (nSPS) is 24.3. The molecule has 0 unspecified atom stereocenters. The second kappa shape index (κ2) is 5.60. The highest BCUT2D eigenvalue weighted by atomic mass is 32.2. The highest BCUT2D eigenvalue weighted by molar-refractivity contribution is 7.89. The van der Waals surface area contributed by atoms with E-state index in [2.05, 4.69) is 11.6 Å². The zero-order chi connectivity index (χ0) is 14.0. The molecule has 2 rings (SSSR count). The van der Waals surface area contributed by atoms with Gasteiger partial charge in [-0.15, -0.1) is 11.3 Å². The van der Waals surface area contributed by atoms with Crippen LogP contribution in [0, 0.1) is 5.92 Å². The van der Waals surface area contributed by atoms with Gasteiger partial charge in [-0.2, -0.15) is 0 Å². The predicted molar refractivity (Wildman–Crippen MR) is 73.0 cm³/mol. The number of aromatic carboxylic acids is 1. The van der Waals surface area contributed by atoms with E-state index < -0.39 is 16.0 Å². The standard InChI is InChI=1S/C12H17NO4S2/c1-8-2-4-9(5-3-8)13-19(16,17)10-6-11(12(14)15)18-7-10/h6-9,13H,2-5H2,1H3,(H,14,15). The molecule has 0 aliphatic heterocycles. The molecule has 106 valence electrons. The van der Waals surface area contributed by atoms with E-state index in [4.69, 9.17) is 5.11 Å². The van der Waals surface area contributed by atoms with Crippen LogP contribution in [0.3, 0.4) is 0 Å². The number of hydrogen-bond donors (Lipinski definition) is 2. The molecular formula is C12H17NO4S2. The number of nitrogens with one attached hydrogen (secondary N) is 1. The van der Waals surface area contributed by atoms with Gasteiger partial charge in [0.15, 0.2) is 0 Å². The topological polar surface area (TPSA) is 83.5 Å². The first kappa shape index (κ1) is 14.5. The van der Waals surface area contributed by atoms with Crippen molar-refractivity contribution in [2.75, 3.05) is 0 Å². The van der Waals surface area contributed by atoms with Crippen molar-refractivity contribution in [3.05, 3.63) is 16.3 Å². The molecule has 7 heteroatoms. The van der Waals surface area contributed by atoms with Gasteiger partial charge in [-0.05, 0) is 37.7 Å². The van der Waals surface area contributed by atoms with Gasteiger partial charge in [0.1, 0.15) is 4.88 Å². The molecule has 0 amide bonds. The lowest BCUT2D eigenvalue weighted by atomic mass is 9.88. The average Bonchev–Trinajstić information content (AvgIpc) is 2.82. The molecule has 1 aromatic heterocycles. The Kier molecular flexibility index (Phi) is 4.27. The van der Waals surface area contributed by atoms with Crippen molar-refractivity contribution >= 4 is 27.3 Å². The van der Waals surface area contributed by atoms with Crippen LogP contribution < -0.4 is 4.72 Å². The van der Waals surface area contributed by atoms with Crippen LogP contribution in [0.2, 0.25) is 0 Å². The first-order chi connectivity index (χ1) is 8.88. The number of rotatable bonds is 4. The molecule has 0 atom stereocenters. The van der Waals surface area contributed by atoms with Gasteiger partial charge < -0.3 is 5.11 Å². The molecule has 2 N–H and O–H groups in total. The van der Waals surface area contributed by atoms with E-state index in [1.165, 1.54) is 11.4 Å². The van der Waals surface area contributed by atoms with E-state index in [1.807, 2.05) is 0 Å². The first-order valence-electron chi connectivity index (χ1n) is 6.22. The van der Waals surface area contributed by atoms with Gasteiger partial charge in [0.25, 0.3) is 0 Å². The Morgan fingerprint density at radius 3 is 2.53 bits per heavy atom.